The fourth-order valence-electron chi connectivity index (χ4n) is 0.895. The van der Waals surface area contributed by atoms with Crippen molar-refractivity contribution in [2.45, 2.75) is 11.4 Å². The van der Waals surface area contributed by atoms with Crippen molar-refractivity contribution in [2.24, 2.45) is 0 Å². The molecule has 1 rings (SSSR count). The van der Waals surface area contributed by atoms with Gasteiger partial charge in [-0.2, -0.15) is 0 Å². The Morgan fingerprint density at radius 2 is 1.94 bits per heavy atom. The highest BCUT2D eigenvalue weighted by molar-refractivity contribution is 8.13. The fraction of sp³-hybridized carbons (Fsp3) is 0.167. The number of pyridine rings is 1. The number of anilines is 1. The molecule has 0 aromatic carbocycles. The van der Waals surface area contributed by atoms with Gasteiger partial charge in [0.25, 0.3) is 14.6 Å². The lowest BCUT2D eigenvalue weighted by atomic mass is 10.4. The topological polar surface area (TPSA) is 102 Å². The Bertz CT molecular complexity index is 594. The van der Waals surface area contributed by atoms with Crippen LogP contribution in [-0.4, -0.2) is 19.8 Å². The van der Waals surface area contributed by atoms with Crippen LogP contribution in [0, 0.1) is 0 Å². The summed E-state index contributed by atoms with van der Waals surface area (Å²) in [5.74, 6) is -1.25. The van der Waals surface area contributed by atoms with Gasteiger partial charge in [-0.15, -0.1) is 13.2 Å². The smallest absolute Gasteiger partial charge is 0.398 e. The largest absolute Gasteiger partial charge is 0.573 e. The molecule has 11 heteroatoms. The van der Waals surface area contributed by atoms with E-state index in [4.69, 9.17) is 16.4 Å². The zero-order valence-electron chi connectivity index (χ0n) is 7.71. The van der Waals surface area contributed by atoms with Crippen LogP contribution >= 0.6 is 10.7 Å². The van der Waals surface area contributed by atoms with Crippen LogP contribution in [-0.2, 0) is 9.05 Å². The monoisotopic (exact) mass is 292 g/mol. The summed E-state index contributed by atoms with van der Waals surface area (Å²) in [7, 11) is 0.563. The summed E-state index contributed by atoms with van der Waals surface area (Å²) in [6.07, 6.45) is -5.12. The summed E-state index contributed by atoms with van der Waals surface area (Å²) in [4.78, 5) is 12.7. The highest BCUT2D eigenvalue weighted by atomic mass is 35.7. The summed E-state index contributed by atoms with van der Waals surface area (Å²) < 4.78 is 60.5. The highest BCUT2D eigenvalue weighted by Gasteiger charge is 2.33. The lowest BCUT2D eigenvalue weighted by Crippen LogP contribution is -2.24. The summed E-state index contributed by atoms with van der Waals surface area (Å²) >= 11 is 0. The van der Waals surface area contributed by atoms with Crippen LogP contribution in [0.15, 0.2) is 15.9 Å². The van der Waals surface area contributed by atoms with Crippen molar-refractivity contribution in [1.29, 1.82) is 0 Å². The van der Waals surface area contributed by atoms with Gasteiger partial charge in [0.2, 0.25) is 5.75 Å². The van der Waals surface area contributed by atoms with Gasteiger partial charge in [-0.05, 0) is 0 Å². The quantitative estimate of drug-likeness (QED) is 0.784. The zero-order chi connectivity index (χ0) is 13.4. The van der Waals surface area contributed by atoms with E-state index >= 15 is 0 Å². The Balaban J connectivity index is 3.36. The van der Waals surface area contributed by atoms with Gasteiger partial charge < -0.3 is 15.5 Å². The Labute approximate surface area is 96.6 Å². The molecule has 0 amide bonds. The number of rotatable bonds is 2. The number of hydrogen-bond acceptors (Lipinski definition) is 5. The van der Waals surface area contributed by atoms with Crippen molar-refractivity contribution in [3.8, 4) is 5.75 Å². The molecule has 0 aliphatic carbocycles. The molecule has 17 heavy (non-hydrogen) atoms. The molecule has 0 bridgehead atoms. The van der Waals surface area contributed by atoms with Crippen LogP contribution in [0.1, 0.15) is 0 Å². The Hall–Kier alpha value is -1.42. The van der Waals surface area contributed by atoms with Crippen LogP contribution in [0.25, 0.3) is 0 Å². The van der Waals surface area contributed by atoms with Crippen molar-refractivity contribution in [3.63, 3.8) is 0 Å². The van der Waals surface area contributed by atoms with E-state index in [2.05, 4.69) is 4.74 Å². The molecule has 0 aliphatic rings. The molecule has 1 heterocycles. The number of halogens is 4. The number of aromatic amines is 1. The maximum atomic E-state index is 11.9. The number of hydrogen-bond donors (Lipinski definition) is 2. The Morgan fingerprint density at radius 3 is 2.29 bits per heavy atom. The molecular formula is C6H4ClF3N2O4S. The standard InChI is InChI=1S/C6H4ClF3N2O4S/c7-17(14,15)3-1-2(11)4(5(13)12-3)16-6(8,9)10/h1H,(H3,11,12,13). The lowest BCUT2D eigenvalue weighted by Gasteiger charge is -2.10. The first-order valence-corrected chi connectivity index (χ1v) is 6.05. The number of nitrogens with two attached hydrogens (primary N) is 1. The summed E-state index contributed by atoms with van der Waals surface area (Å²) in [6.45, 7) is 0. The number of alkyl halides is 3. The van der Waals surface area contributed by atoms with E-state index in [0.717, 1.165) is 0 Å². The zero-order valence-corrected chi connectivity index (χ0v) is 9.28. The first kappa shape index (κ1) is 13.6. The lowest BCUT2D eigenvalue weighted by molar-refractivity contribution is -0.274. The van der Waals surface area contributed by atoms with Crippen LogP contribution in [0.5, 0.6) is 5.75 Å². The third-order valence-electron chi connectivity index (χ3n) is 1.47. The number of nitrogen functional groups attached to an aromatic ring is 1. The van der Waals surface area contributed by atoms with Crippen molar-refractivity contribution in [2.75, 3.05) is 5.73 Å². The molecule has 1 aromatic heterocycles. The molecule has 0 saturated heterocycles. The second kappa shape index (κ2) is 4.11. The average molecular weight is 293 g/mol. The van der Waals surface area contributed by atoms with Crippen LogP contribution in [0.2, 0.25) is 0 Å². The van der Waals surface area contributed by atoms with Gasteiger partial charge in [0, 0.05) is 16.7 Å². The maximum Gasteiger partial charge on any atom is 0.573 e. The average Bonchev–Trinajstić information content (AvgIpc) is 2.07. The number of aromatic nitrogens is 1. The first-order valence-electron chi connectivity index (χ1n) is 3.74. The molecule has 0 aliphatic heterocycles. The molecule has 0 atom stereocenters. The van der Waals surface area contributed by atoms with Crippen molar-refractivity contribution in [3.05, 3.63) is 16.4 Å². The number of nitrogens with one attached hydrogen (secondary N) is 1. The van der Waals surface area contributed by atoms with Gasteiger partial charge in [0.1, 0.15) is 0 Å². The van der Waals surface area contributed by atoms with Crippen molar-refractivity contribution < 1.29 is 26.3 Å². The molecule has 6 nitrogen and oxygen atoms in total. The van der Waals surface area contributed by atoms with E-state index in [1.807, 2.05) is 0 Å². The van der Waals surface area contributed by atoms with Gasteiger partial charge in [-0.1, -0.05) is 0 Å². The molecule has 0 saturated carbocycles. The molecular weight excluding hydrogens is 289 g/mol. The van der Waals surface area contributed by atoms with E-state index in [0.29, 0.717) is 6.07 Å². The first-order chi connectivity index (χ1) is 7.50. The van der Waals surface area contributed by atoms with Gasteiger partial charge in [-0.25, -0.2) is 8.42 Å². The summed E-state index contributed by atoms with van der Waals surface area (Å²) in [5.41, 5.74) is 2.80. The molecule has 3 N–H and O–H groups in total. The normalized spacial score (nSPS) is 12.5. The second-order valence-corrected chi connectivity index (χ2v) is 5.27. The predicted molar refractivity (Wildman–Crippen MR) is 51.2 cm³/mol. The second-order valence-electron chi connectivity index (χ2n) is 2.73. The third kappa shape index (κ3) is 3.53. The van der Waals surface area contributed by atoms with E-state index in [-0.39, 0.29) is 0 Å². The maximum absolute atomic E-state index is 11.9. The number of H-pyrrole nitrogens is 1. The van der Waals surface area contributed by atoms with E-state index in [1.165, 1.54) is 0 Å². The third-order valence-corrected chi connectivity index (χ3v) is 2.72. The van der Waals surface area contributed by atoms with E-state index in [9.17, 15) is 26.4 Å². The highest BCUT2D eigenvalue weighted by Crippen LogP contribution is 2.26. The summed E-state index contributed by atoms with van der Waals surface area (Å²) in [6, 6.07) is 0.546. The van der Waals surface area contributed by atoms with Gasteiger partial charge >= 0.3 is 6.36 Å². The molecule has 0 unspecified atom stereocenters. The Kier molecular flexibility index (Phi) is 3.30. The molecule has 0 spiro atoms. The number of ether oxygens (including phenoxy) is 1. The fourth-order valence-corrected chi connectivity index (χ4v) is 1.63. The van der Waals surface area contributed by atoms with Gasteiger partial charge in [0.15, 0.2) is 5.03 Å². The minimum Gasteiger partial charge on any atom is -0.398 e. The predicted octanol–water partition coefficient (Wildman–Crippen LogP) is 0.783. The Morgan fingerprint density at radius 1 is 1.41 bits per heavy atom. The van der Waals surface area contributed by atoms with Crippen molar-refractivity contribution >= 4 is 25.4 Å². The minimum absolute atomic E-state index is 0.546. The van der Waals surface area contributed by atoms with Crippen LogP contribution in [0.4, 0.5) is 18.9 Å². The minimum atomic E-state index is -5.12. The van der Waals surface area contributed by atoms with Gasteiger partial charge in [-0.3, -0.25) is 4.79 Å². The van der Waals surface area contributed by atoms with E-state index < -0.39 is 37.4 Å². The van der Waals surface area contributed by atoms with Crippen LogP contribution < -0.4 is 16.0 Å². The van der Waals surface area contributed by atoms with Crippen LogP contribution in [0.3, 0.4) is 0 Å². The summed E-state index contributed by atoms with van der Waals surface area (Å²) in [5, 5.41) is -0.823. The molecule has 0 radical (unpaired) electrons. The van der Waals surface area contributed by atoms with Gasteiger partial charge in [0.05, 0.1) is 5.69 Å². The SMILES string of the molecule is Nc1cc(S(=O)(=O)Cl)[nH]c(=O)c1OC(F)(F)F. The molecule has 0 fully saturated rings. The van der Waals surface area contributed by atoms with E-state index in [1.54, 1.807) is 4.98 Å². The molecule has 96 valence electrons. The molecule has 1 aromatic rings. The van der Waals surface area contributed by atoms with Crippen molar-refractivity contribution in [1.82, 2.24) is 4.98 Å².